The van der Waals surface area contributed by atoms with Crippen LogP contribution in [-0.2, 0) is 4.79 Å². The lowest BCUT2D eigenvalue weighted by Crippen LogP contribution is -2.31. The number of hydrogen-bond acceptors (Lipinski definition) is 1. The van der Waals surface area contributed by atoms with Crippen LogP contribution in [0.5, 0.6) is 0 Å². The number of amides is 1. The van der Waals surface area contributed by atoms with Crippen molar-refractivity contribution in [3.8, 4) is 0 Å². The van der Waals surface area contributed by atoms with Crippen LogP contribution in [0.1, 0.15) is 33.6 Å². The molecule has 11 heavy (non-hydrogen) atoms. The van der Waals surface area contributed by atoms with Crippen LogP contribution in [0.25, 0.3) is 0 Å². The van der Waals surface area contributed by atoms with E-state index in [-0.39, 0.29) is 0 Å². The van der Waals surface area contributed by atoms with Crippen molar-refractivity contribution in [2.45, 2.75) is 33.6 Å². The van der Waals surface area contributed by atoms with Gasteiger partial charge in [0.1, 0.15) is 0 Å². The maximum atomic E-state index is 10.2. The molecule has 0 saturated carbocycles. The molecule has 1 rings (SSSR count). The van der Waals surface area contributed by atoms with E-state index < -0.39 is 0 Å². The van der Waals surface area contributed by atoms with Crippen LogP contribution in [0.4, 0.5) is 0 Å². The molecule has 1 aliphatic rings. The standard InChI is InChI=1S/C7H13NO.C2H6/c1-7-2-4-8(6-9)5-3-7;1-2/h6-7H,2-5H2,1H3;1-2H3. The van der Waals surface area contributed by atoms with E-state index in [0.29, 0.717) is 0 Å². The normalized spacial score (nSPS) is 18.6. The number of rotatable bonds is 1. The van der Waals surface area contributed by atoms with Gasteiger partial charge in [0, 0.05) is 13.1 Å². The van der Waals surface area contributed by atoms with Crippen LogP contribution < -0.4 is 0 Å². The third kappa shape index (κ3) is 4.02. The van der Waals surface area contributed by atoms with Gasteiger partial charge in [-0.15, -0.1) is 0 Å². The van der Waals surface area contributed by atoms with Crippen LogP contribution in [0.2, 0.25) is 0 Å². The molecular formula is C9H19NO. The monoisotopic (exact) mass is 157 g/mol. The lowest BCUT2D eigenvalue weighted by molar-refractivity contribution is -0.119. The summed E-state index contributed by atoms with van der Waals surface area (Å²) in [5, 5.41) is 0. The molecule has 1 amide bonds. The summed E-state index contributed by atoms with van der Waals surface area (Å²) in [5.74, 6) is 0.821. The molecule has 0 radical (unpaired) electrons. The minimum atomic E-state index is 0.821. The average molecular weight is 157 g/mol. The quantitative estimate of drug-likeness (QED) is 0.532. The molecule has 1 aliphatic heterocycles. The summed E-state index contributed by atoms with van der Waals surface area (Å²) in [6.07, 6.45) is 3.31. The number of carbonyl (C=O) groups is 1. The first-order valence-electron chi connectivity index (χ1n) is 4.52. The third-order valence-corrected chi connectivity index (χ3v) is 1.97. The second-order valence-electron chi connectivity index (χ2n) is 2.82. The van der Waals surface area contributed by atoms with Crippen molar-refractivity contribution >= 4 is 6.41 Å². The van der Waals surface area contributed by atoms with Crippen molar-refractivity contribution < 1.29 is 4.79 Å². The van der Waals surface area contributed by atoms with Gasteiger partial charge in [0.15, 0.2) is 0 Å². The Hall–Kier alpha value is -0.530. The van der Waals surface area contributed by atoms with Gasteiger partial charge in [0.2, 0.25) is 6.41 Å². The minimum absolute atomic E-state index is 0.821. The predicted molar refractivity (Wildman–Crippen MR) is 47.4 cm³/mol. The summed E-state index contributed by atoms with van der Waals surface area (Å²) in [4.78, 5) is 12.0. The van der Waals surface area contributed by atoms with Crippen LogP contribution in [0.15, 0.2) is 0 Å². The lowest BCUT2D eigenvalue weighted by atomic mass is 10.00. The SMILES string of the molecule is CC.CC1CCN(C=O)CC1. The Bertz CT molecular complexity index is 95.7. The third-order valence-electron chi connectivity index (χ3n) is 1.97. The molecule has 2 heteroatoms. The zero-order valence-corrected chi connectivity index (χ0v) is 7.84. The highest BCUT2D eigenvalue weighted by atomic mass is 16.1. The Morgan fingerprint density at radius 2 is 1.73 bits per heavy atom. The van der Waals surface area contributed by atoms with E-state index in [1.54, 1.807) is 0 Å². The molecule has 0 bridgehead atoms. The Balaban J connectivity index is 0.000000461. The van der Waals surface area contributed by atoms with Crippen molar-refractivity contribution in [3.63, 3.8) is 0 Å². The number of likely N-dealkylation sites (tertiary alicyclic amines) is 1. The van der Waals surface area contributed by atoms with E-state index in [0.717, 1.165) is 25.4 Å². The fraction of sp³-hybridized carbons (Fsp3) is 0.889. The zero-order chi connectivity index (χ0) is 8.69. The Kier molecular flexibility index (Phi) is 5.90. The van der Waals surface area contributed by atoms with E-state index in [1.165, 1.54) is 12.8 Å². The van der Waals surface area contributed by atoms with Gasteiger partial charge in [-0.05, 0) is 18.8 Å². The van der Waals surface area contributed by atoms with E-state index in [1.807, 2.05) is 18.7 Å². The van der Waals surface area contributed by atoms with Crippen molar-refractivity contribution in [1.29, 1.82) is 0 Å². The van der Waals surface area contributed by atoms with E-state index in [9.17, 15) is 4.79 Å². The highest BCUT2D eigenvalue weighted by Crippen LogP contribution is 2.13. The topological polar surface area (TPSA) is 20.3 Å². The van der Waals surface area contributed by atoms with Gasteiger partial charge in [0.05, 0.1) is 0 Å². The molecule has 1 saturated heterocycles. The summed E-state index contributed by atoms with van der Waals surface area (Å²) in [6, 6.07) is 0. The number of carbonyl (C=O) groups excluding carboxylic acids is 1. The van der Waals surface area contributed by atoms with Crippen LogP contribution in [0.3, 0.4) is 0 Å². The first kappa shape index (κ1) is 10.5. The lowest BCUT2D eigenvalue weighted by Gasteiger charge is -2.26. The highest BCUT2D eigenvalue weighted by molar-refractivity contribution is 5.46. The van der Waals surface area contributed by atoms with E-state index in [4.69, 9.17) is 0 Å². The fourth-order valence-electron chi connectivity index (χ4n) is 1.13. The smallest absolute Gasteiger partial charge is 0.209 e. The van der Waals surface area contributed by atoms with E-state index >= 15 is 0 Å². The number of hydrogen-bond donors (Lipinski definition) is 0. The molecule has 0 aromatic heterocycles. The highest BCUT2D eigenvalue weighted by Gasteiger charge is 2.12. The van der Waals surface area contributed by atoms with Gasteiger partial charge in [-0.25, -0.2) is 0 Å². The molecule has 0 N–H and O–H groups in total. The molecule has 0 atom stereocenters. The Morgan fingerprint density at radius 3 is 2.09 bits per heavy atom. The summed E-state index contributed by atoms with van der Waals surface area (Å²) < 4.78 is 0. The van der Waals surface area contributed by atoms with Crippen molar-refractivity contribution in [2.24, 2.45) is 5.92 Å². The molecule has 1 heterocycles. The largest absolute Gasteiger partial charge is 0.345 e. The van der Waals surface area contributed by atoms with Crippen LogP contribution in [0, 0.1) is 5.92 Å². The zero-order valence-electron chi connectivity index (χ0n) is 7.84. The summed E-state index contributed by atoms with van der Waals surface area (Å²) in [6.45, 7) is 8.16. The molecule has 1 fully saturated rings. The molecule has 66 valence electrons. The first-order valence-corrected chi connectivity index (χ1v) is 4.52. The van der Waals surface area contributed by atoms with Crippen molar-refractivity contribution in [1.82, 2.24) is 4.90 Å². The Labute approximate surface area is 69.6 Å². The van der Waals surface area contributed by atoms with Gasteiger partial charge in [-0.2, -0.15) is 0 Å². The van der Waals surface area contributed by atoms with Gasteiger partial charge in [-0.3, -0.25) is 4.79 Å². The second-order valence-corrected chi connectivity index (χ2v) is 2.82. The Morgan fingerprint density at radius 1 is 1.27 bits per heavy atom. The second kappa shape index (κ2) is 6.20. The van der Waals surface area contributed by atoms with Gasteiger partial charge in [0.25, 0.3) is 0 Å². The first-order chi connectivity index (χ1) is 5.33. The van der Waals surface area contributed by atoms with Gasteiger partial charge in [-0.1, -0.05) is 20.8 Å². The van der Waals surface area contributed by atoms with E-state index in [2.05, 4.69) is 6.92 Å². The molecule has 0 aromatic carbocycles. The van der Waals surface area contributed by atoms with Crippen LogP contribution in [-0.4, -0.2) is 24.4 Å². The maximum Gasteiger partial charge on any atom is 0.209 e. The average Bonchev–Trinajstić information content (AvgIpc) is 2.10. The van der Waals surface area contributed by atoms with Crippen molar-refractivity contribution in [3.05, 3.63) is 0 Å². The van der Waals surface area contributed by atoms with Gasteiger partial charge >= 0.3 is 0 Å². The fourth-order valence-corrected chi connectivity index (χ4v) is 1.13. The molecule has 0 aliphatic carbocycles. The minimum Gasteiger partial charge on any atom is -0.345 e. The maximum absolute atomic E-state index is 10.2. The number of piperidine rings is 1. The van der Waals surface area contributed by atoms with Gasteiger partial charge < -0.3 is 4.90 Å². The summed E-state index contributed by atoms with van der Waals surface area (Å²) in [5.41, 5.74) is 0. The van der Waals surface area contributed by atoms with Crippen LogP contribution >= 0.6 is 0 Å². The molecule has 0 spiro atoms. The molecule has 2 nitrogen and oxygen atoms in total. The van der Waals surface area contributed by atoms with Crippen molar-refractivity contribution in [2.75, 3.05) is 13.1 Å². The molecular weight excluding hydrogens is 138 g/mol. The summed E-state index contributed by atoms with van der Waals surface area (Å²) >= 11 is 0. The molecule has 0 aromatic rings. The molecule has 0 unspecified atom stereocenters. The predicted octanol–water partition coefficient (Wildman–Crippen LogP) is 1.90. The summed E-state index contributed by atoms with van der Waals surface area (Å²) in [7, 11) is 0. The number of nitrogens with zero attached hydrogens (tertiary/aromatic N) is 1.